The molecule has 1 unspecified atom stereocenters. The summed E-state index contributed by atoms with van der Waals surface area (Å²) in [6, 6.07) is 1.68. The largest absolute Gasteiger partial charge is 0.396 e. The van der Waals surface area contributed by atoms with Gasteiger partial charge in [-0.1, -0.05) is 18.0 Å². The van der Waals surface area contributed by atoms with Gasteiger partial charge in [0.05, 0.1) is 12.3 Å². The van der Waals surface area contributed by atoms with Crippen molar-refractivity contribution in [3.63, 3.8) is 0 Å². The molecule has 1 fully saturated rings. The van der Waals surface area contributed by atoms with Gasteiger partial charge in [0.1, 0.15) is 4.90 Å². The van der Waals surface area contributed by atoms with Gasteiger partial charge in [0.15, 0.2) is 5.82 Å². The molecule has 1 aliphatic rings. The minimum atomic E-state index is -4.07. The second kappa shape index (κ2) is 5.85. The highest BCUT2D eigenvalue weighted by atomic mass is 35.5. The maximum atomic E-state index is 14.0. The average molecular weight is 323 g/mol. The fraction of sp³-hybridized carbons (Fsp3) is 0.500. The third-order valence-electron chi connectivity index (χ3n) is 3.40. The summed E-state index contributed by atoms with van der Waals surface area (Å²) in [5.41, 5.74) is 5.11. The number of nitrogens with two attached hydrogens (primary N) is 1. The summed E-state index contributed by atoms with van der Waals surface area (Å²) in [4.78, 5) is -0.539. The second-order valence-electron chi connectivity index (χ2n) is 4.76. The fourth-order valence-corrected chi connectivity index (χ4v) is 4.47. The van der Waals surface area contributed by atoms with Crippen molar-refractivity contribution in [2.24, 2.45) is 0 Å². The molecule has 0 bridgehead atoms. The van der Waals surface area contributed by atoms with Crippen LogP contribution in [0.5, 0.6) is 0 Å². The summed E-state index contributed by atoms with van der Waals surface area (Å²) in [7, 11) is -4.07. The zero-order valence-electron chi connectivity index (χ0n) is 10.7. The van der Waals surface area contributed by atoms with Crippen molar-refractivity contribution in [3.8, 4) is 0 Å². The Balaban J connectivity index is 2.49. The van der Waals surface area contributed by atoms with Gasteiger partial charge >= 0.3 is 0 Å². The maximum Gasteiger partial charge on any atom is 0.246 e. The van der Waals surface area contributed by atoms with Crippen LogP contribution in [0.4, 0.5) is 10.1 Å². The van der Waals surface area contributed by atoms with Crippen molar-refractivity contribution in [3.05, 3.63) is 23.0 Å². The van der Waals surface area contributed by atoms with Crippen molar-refractivity contribution >= 4 is 27.3 Å². The van der Waals surface area contributed by atoms with E-state index in [1.165, 1.54) is 0 Å². The SMILES string of the molecule is Nc1cc(Cl)cc(S(=O)(=O)N2CCCCC2CO)c1F. The molecule has 1 atom stereocenters. The Kier molecular flexibility index (Phi) is 4.53. The average Bonchev–Trinajstić information content (AvgIpc) is 2.42. The molecule has 0 amide bonds. The highest BCUT2D eigenvalue weighted by molar-refractivity contribution is 7.89. The Bertz CT molecular complexity index is 609. The van der Waals surface area contributed by atoms with Gasteiger partial charge in [-0.25, -0.2) is 12.8 Å². The van der Waals surface area contributed by atoms with Crippen LogP contribution < -0.4 is 5.73 Å². The molecule has 0 saturated carbocycles. The number of halogens is 2. The van der Waals surface area contributed by atoms with Crippen LogP contribution in [0.2, 0.25) is 5.02 Å². The van der Waals surface area contributed by atoms with Crippen molar-refractivity contribution in [2.75, 3.05) is 18.9 Å². The number of hydrogen-bond acceptors (Lipinski definition) is 4. The quantitative estimate of drug-likeness (QED) is 0.828. The smallest absolute Gasteiger partial charge is 0.246 e. The van der Waals surface area contributed by atoms with Crippen LogP contribution in [0.3, 0.4) is 0 Å². The molecule has 2 rings (SSSR count). The zero-order valence-corrected chi connectivity index (χ0v) is 12.3. The molecule has 1 heterocycles. The van der Waals surface area contributed by atoms with Gasteiger partial charge in [0, 0.05) is 17.6 Å². The van der Waals surface area contributed by atoms with Crippen molar-refractivity contribution < 1.29 is 17.9 Å². The molecule has 0 aromatic heterocycles. The van der Waals surface area contributed by atoms with E-state index in [1.54, 1.807) is 0 Å². The first-order chi connectivity index (χ1) is 9.37. The predicted octanol–water partition coefficient (Wildman–Crippen LogP) is 1.60. The molecule has 1 saturated heterocycles. The van der Waals surface area contributed by atoms with Gasteiger partial charge in [0.25, 0.3) is 0 Å². The maximum absolute atomic E-state index is 14.0. The molecule has 8 heteroatoms. The molecule has 0 spiro atoms. The number of sulfonamides is 1. The van der Waals surface area contributed by atoms with Gasteiger partial charge in [0.2, 0.25) is 10.0 Å². The van der Waals surface area contributed by atoms with E-state index in [0.29, 0.717) is 12.8 Å². The Hall–Kier alpha value is -0.890. The predicted molar refractivity (Wildman–Crippen MR) is 74.4 cm³/mol. The molecule has 1 aromatic rings. The molecule has 20 heavy (non-hydrogen) atoms. The van der Waals surface area contributed by atoms with Crippen LogP contribution in [-0.2, 0) is 10.0 Å². The number of hydrogen-bond donors (Lipinski definition) is 2. The van der Waals surface area contributed by atoms with Crippen LogP contribution in [0.15, 0.2) is 17.0 Å². The van der Waals surface area contributed by atoms with Gasteiger partial charge in [-0.3, -0.25) is 0 Å². The fourth-order valence-electron chi connectivity index (χ4n) is 2.37. The molecular formula is C12H16ClFN2O3S. The van der Waals surface area contributed by atoms with E-state index in [-0.39, 0.29) is 23.9 Å². The molecule has 1 aliphatic heterocycles. The van der Waals surface area contributed by atoms with Crippen LogP contribution >= 0.6 is 11.6 Å². The van der Waals surface area contributed by atoms with Crippen molar-refractivity contribution in [2.45, 2.75) is 30.2 Å². The second-order valence-corrected chi connectivity index (χ2v) is 7.05. The summed E-state index contributed by atoms with van der Waals surface area (Å²) in [6.45, 7) is -0.0453. The highest BCUT2D eigenvalue weighted by Crippen LogP contribution is 2.30. The van der Waals surface area contributed by atoms with E-state index in [2.05, 4.69) is 0 Å². The Morgan fingerprint density at radius 2 is 2.15 bits per heavy atom. The van der Waals surface area contributed by atoms with Crippen molar-refractivity contribution in [1.29, 1.82) is 0 Å². The normalized spacial score (nSPS) is 21.1. The summed E-state index contributed by atoms with van der Waals surface area (Å²) < 4.78 is 40.2. The van der Waals surface area contributed by atoms with E-state index in [1.807, 2.05) is 0 Å². The van der Waals surface area contributed by atoms with E-state index in [4.69, 9.17) is 17.3 Å². The van der Waals surface area contributed by atoms with Gasteiger partial charge in [-0.2, -0.15) is 4.31 Å². The zero-order chi connectivity index (χ0) is 14.9. The van der Waals surface area contributed by atoms with Gasteiger partial charge in [-0.15, -0.1) is 0 Å². The third-order valence-corrected chi connectivity index (χ3v) is 5.57. The lowest BCUT2D eigenvalue weighted by Gasteiger charge is -2.33. The number of nitrogens with zero attached hydrogens (tertiary/aromatic N) is 1. The van der Waals surface area contributed by atoms with E-state index < -0.39 is 26.8 Å². The van der Waals surface area contributed by atoms with Crippen molar-refractivity contribution in [1.82, 2.24) is 4.31 Å². The lowest BCUT2D eigenvalue weighted by Crippen LogP contribution is -2.45. The lowest BCUT2D eigenvalue weighted by molar-refractivity contribution is 0.155. The Labute approximate surface area is 122 Å². The number of benzene rings is 1. The number of rotatable bonds is 3. The van der Waals surface area contributed by atoms with E-state index >= 15 is 0 Å². The first-order valence-corrected chi connectivity index (χ1v) is 8.07. The number of piperidine rings is 1. The lowest BCUT2D eigenvalue weighted by atomic mass is 10.1. The molecule has 1 aromatic carbocycles. The molecule has 0 aliphatic carbocycles. The van der Waals surface area contributed by atoms with Crippen LogP contribution in [-0.4, -0.2) is 37.0 Å². The number of nitrogen functional groups attached to an aromatic ring is 1. The molecular weight excluding hydrogens is 307 g/mol. The molecule has 5 nitrogen and oxygen atoms in total. The standard InChI is InChI=1S/C12H16ClFN2O3S/c13-8-5-10(15)12(14)11(6-8)20(18,19)16-4-2-1-3-9(16)7-17/h5-6,9,17H,1-4,7,15H2. The number of aliphatic hydroxyl groups is 1. The molecule has 0 radical (unpaired) electrons. The van der Waals surface area contributed by atoms with Crippen LogP contribution in [0.1, 0.15) is 19.3 Å². The topological polar surface area (TPSA) is 83.6 Å². The summed E-state index contributed by atoms with van der Waals surface area (Å²) in [5, 5.41) is 9.36. The first-order valence-electron chi connectivity index (χ1n) is 6.25. The Morgan fingerprint density at radius 3 is 2.80 bits per heavy atom. The van der Waals surface area contributed by atoms with E-state index in [0.717, 1.165) is 22.9 Å². The van der Waals surface area contributed by atoms with Gasteiger partial charge in [-0.05, 0) is 25.0 Å². The first kappa shape index (κ1) is 15.5. The minimum Gasteiger partial charge on any atom is -0.396 e. The molecule has 112 valence electrons. The van der Waals surface area contributed by atoms with Gasteiger partial charge < -0.3 is 10.8 Å². The number of aliphatic hydroxyl groups excluding tert-OH is 1. The minimum absolute atomic E-state index is 0.0556. The van der Waals surface area contributed by atoms with Crippen LogP contribution in [0.25, 0.3) is 0 Å². The van der Waals surface area contributed by atoms with E-state index in [9.17, 15) is 17.9 Å². The molecule has 3 N–H and O–H groups in total. The highest BCUT2D eigenvalue weighted by Gasteiger charge is 2.35. The Morgan fingerprint density at radius 1 is 1.45 bits per heavy atom. The summed E-state index contributed by atoms with van der Waals surface area (Å²) in [5.74, 6) is -1.00. The summed E-state index contributed by atoms with van der Waals surface area (Å²) >= 11 is 5.76. The third kappa shape index (κ3) is 2.76. The number of anilines is 1. The monoisotopic (exact) mass is 322 g/mol. The van der Waals surface area contributed by atoms with Crippen LogP contribution in [0, 0.1) is 5.82 Å². The summed E-state index contributed by atoms with van der Waals surface area (Å²) in [6.07, 6.45) is 2.05.